The molecule has 1 aliphatic heterocycles. The fraction of sp³-hybridized carbons (Fsp3) is 0.600. The fourth-order valence-corrected chi connectivity index (χ4v) is 3.56. The van der Waals surface area contributed by atoms with Crippen LogP contribution in [0.25, 0.3) is 0 Å². The van der Waals surface area contributed by atoms with E-state index in [4.69, 9.17) is 0 Å². The minimum atomic E-state index is 0.758. The molecule has 0 saturated carbocycles. The molecule has 3 rings (SSSR count). The Kier molecular flexibility index (Phi) is 3.17. The largest absolute Gasteiger partial charge is 0.318 e. The maximum Gasteiger partial charge on any atom is 0.0224 e. The van der Waals surface area contributed by atoms with E-state index in [-0.39, 0.29) is 0 Å². The summed E-state index contributed by atoms with van der Waals surface area (Å²) in [5.74, 6) is 0. The van der Waals surface area contributed by atoms with Crippen LogP contribution < -0.4 is 5.32 Å². The Balaban J connectivity index is 1.71. The number of likely N-dealkylation sites (tertiary alicyclic amines) is 1. The Morgan fingerprint density at radius 3 is 2.59 bits per heavy atom. The molecular formula is C15H22N2. The Morgan fingerprint density at radius 1 is 1.24 bits per heavy atom. The predicted octanol–water partition coefficient (Wildman–Crippen LogP) is 1.84. The van der Waals surface area contributed by atoms with Crippen LogP contribution in [-0.2, 0) is 12.8 Å². The molecule has 1 aliphatic carbocycles. The SMILES string of the molecule is CNCC1CCCN1C1Cc2ccccc2C1. The van der Waals surface area contributed by atoms with Crippen molar-refractivity contribution in [3.05, 3.63) is 35.4 Å². The highest BCUT2D eigenvalue weighted by molar-refractivity contribution is 5.33. The lowest BCUT2D eigenvalue weighted by Crippen LogP contribution is -2.43. The van der Waals surface area contributed by atoms with Gasteiger partial charge in [0, 0.05) is 18.6 Å². The molecule has 0 amide bonds. The quantitative estimate of drug-likeness (QED) is 0.852. The minimum Gasteiger partial charge on any atom is -0.318 e. The van der Waals surface area contributed by atoms with E-state index in [2.05, 4.69) is 41.5 Å². The number of rotatable bonds is 3. The second-order valence-corrected chi connectivity index (χ2v) is 5.42. The molecular weight excluding hydrogens is 208 g/mol. The summed E-state index contributed by atoms with van der Waals surface area (Å²) in [6.07, 6.45) is 5.26. The van der Waals surface area contributed by atoms with E-state index in [1.54, 1.807) is 11.1 Å². The summed E-state index contributed by atoms with van der Waals surface area (Å²) < 4.78 is 0. The van der Waals surface area contributed by atoms with E-state index < -0.39 is 0 Å². The van der Waals surface area contributed by atoms with Crippen molar-refractivity contribution in [2.75, 3.05) is 20.1 Å². The molecule has 17 heavy (non-hydrogen) atoms. The molecule has 1 fully saturated rings. The topological polar surface area (TPSA) is 15.3 Å². The monoisotopic (exact) mass is 230 g/mol. The lowest BCUT2D eigenvalue weighted by molar-refractivity contribution is 0.183. The van der Waals surface area contributed by atoms with Crippen LogP contribution in [0.5, 0.6) is 0 Å². The highest BCUT2D eigenvalue weighted by atomic mass is 15.2. The summed E-state index contributed by atoms with van der Waals surface area (Å²) in [4.78, 5) is 2.75. The third kappa shape index (κ3) is 2.12. The molecule has 2 aliphatic rings. The van der Waals surface area contributed by atoms with Gasteiger partial charge in [-0.15, -0.1) is 0 Å². The molecule has 1 aromatic carbocycles. The normalized spacial score (nSPS) is 25.4. The van der Waals surface area contributed by atoms with Gasteiger partial charge in [0.25, 0.3) is 0 Å². The molecule has 1 unspecified atom stereocenters. The molecule has 0 radical (unpaired) electrons. The summed E-state index contributed by atoms with van der Waals surface area (Å²) in [6.45, 7) is 2.44. The van der Waals surface area contributed by atoms with Crippen LogP contribution in [-0.4, -0.2) is 37.1 Å². The predicted molar refractivity (Wildman–Crippen MR) is 71.3 cm³/mol. The molecule has 1 atom stereocenters. The van der Waals surface area contributed by atoms with Gasteiger partial charge in [-0.05, 0) is 50.4 Å². The zero-order valence-electron chi connectivity index (χ0n) is 10.7. The van der Waals surface area contributed by atoms with Crippen molar-refractivity contribution in [1.29, 1.82) is 0 Å². The first kappa shape index (κ1) is 11.2. The zero-order chi connectivity index (χ0) is 11.7. The Bertz CT molecular complexity index is 363. The smallest absolute Gasteiger partial charge is 0.0224 e. The van der Waals surface area contributed by atoms with Crippen molar-refractivity contribution in [2.24, 2.45) is 0 Å². The number of fused-ring (bicyclic) bond motifs is 1. The summed E-state index contributed by atoms with van der Waals surface area (Å²) in [6, 6.07) is 10.5. The van der Waals surface area contributed by atoms with Crippen LogP contribution in [0.1, 0.15) is 24.0 Å². The number of benzene rings is 1. The molecule has 1 N–H and O–H groups in total. The van der Waals surface area contributed by atoms with Crippen molar-refractivity contribution >= 4 is 0 Å². The van der Waals surface area contributed by atoms with Gasteiger partial charge in [-0.25, -0.2) is 0 Å². The lowest BCUT2D eigenvalue weighted by atomic mass is 10.1. The first-order valence-electron chi connectivity index (χ1n) is 6.85. The maximum atomic E-state index is 3.34. The van der Waals surface area contributed by atoms with Gasteiger partial charge in [-0.3, -0.25) is 4.90 Å². The van der Waals surface area contributed by atoms with Crippen molar-refractivity contribution in [3.63, 3.8) is 0 Å². The molecule has 2 nitrogen and oxygen atoms in total. The van der Waals surface area contributed by atoms with Gasteiger partial charge in [0.15, 0.2) is 0 Å². The third-order valence-electron chi connectivity index (χ3n) is 4.36. The molecule has 0 spiro atoms. The highest BCUT2D eigenvalue weighted by Crippen LogP contribution is 2.30. The van der Waals surface area contributed by atoms with E-state index in [9.17, 15) is 0 Å². The third-order valence-corrected chi connectivity index (χ3v) is 4.36. The maximum absolute atomic E-state index is 3.34. The summed E-state index contributed by atoms with van der Waals surface area (Å²) >= 11 is 0. The molecule has 0 aromatic heterocycles. The van der Waals surface area contributed by atoms with Gasteiger partial charge in [0.05, 0.1) is 0 Å². The molecule has 92 valence electrons. The first-order valence-corrected chi connectivity index (χ1v) is 6.85. The van der Waals surface area contributed by atoms with Crippen molar-refractivity contribution in [2.45, 2.75) is 37.8 Å². The van der Waals surface area contributed by atoms with E-state index in [0.29, 0.717) is 0 Å². The fourth-order valence-electron chi connectivity index (χ4n) is 3.56. The van der Waals surface area contributed by atoms with E-state index in [1.165, 1.54) is 32.2 Å². The first-order chi connectivity index (χ1) is 8.38. The second-order valence-electron chi connectivity index (χ2n) is 5.42. The van der Waals surface area contributed by atoms with Gasteiger partial charge in [-0.1, -0.05) is 24.3 Å². The average Bonchev–Trinajstić information content (AvgIpc) is 2.94. The van der Waals surface area contributed by atoms with E-state index >= 15 is 0 Å². The van der Waals surface area contributed by atoms with Crippen molar-refractivity contribution < 1.29 is 0 Å². The molecule has 2 heteroatoms. The van der Waals surface area contributed by atoms with Gasteiger partial charge in [0.2, 0.25) is 0 Å². The van der Waals surface area contributed by atoms with Crippen molar-refractivity contribution in [3.8, 4) is 0 Å². The van der Waals surface area contributed by atoms with Gasteiger partial charge < -0.3 is 5.32 Å². The van der Waals surface area contributed by atoms with Crippen LogP contribution in [0.15, 0.2) is 24.3 Å². The lowest BCUT2D eigenvalue weighted by Gasteiger charge is -2.30. The summed E-state index contributed by atoms with van der Waals surface area (Å²) in [5, 5.41) is 3.34. The summed E-state index contributed by atoms with van der Waals surface area (Å²) in [7, 11) is 2.07. The van der Waals surface area contributed by atoms with Gasteiger partial charge >= 0.3 is 0 Å². The van der Waals surface area contributed by atoms with Crippen LogP contribution in [0.2, 0.25) is 0 Å². The number of hydrogen-bond donors (Lipinski definition) is 1. The van der Waals surface area contributed by atoms with Crippen LogP contribution >= 0.6 is 0 Å². The Labute approximate surface area is 104 Å². The minimum absolute atomic E-state index is 0.758. The standard InChI is InChI=1S/C15H22N2/c1-16-11-14-7-4-8-17(14)15-9-12-5-2-3-6-13(12)10-15/h2-3,5-6,14-16H,4,7-11H2,1H3. The Hall–Kier alpha value is -0.860. The molecule has 0 bridgehead atoms. The van der Waals surface area contributed by atoms with E-state index in [1.807, 2.05) is 0 Å². The number of nitrogens with one attached hydrogen (secondary N) is 1. The highest BCUT2D eigenvalue weighted by Gasteiger charge is 2.33. The van der Waals surface area contributed by atoms with Crippen molar-refractivity contribution in [1.82, 2.24) is 10.2 Å². The van der Waals surface area contributed by atoms with Gasteiger partial charge in [0.1, 0.15) is 0 Å². The summed E-state index contributed by atoms with van der Waals surface area (Å²) in [5.41, 5.74) is 3.15. The number of nitrogens with zero attached hydrogens (tertiary/aromatic N) is 1. The second kappa shape index (κ2) is 4.79. The molecule has 1 heterocycles. The molecule has 1 aromatic rings. The average molecular weight is 230 g/mol. The van der Waals surface area contributed by atoms with Crippen LogP contribution in [0, 0.1) is 0 Å². The van der Waals surface area contributed by atoms with Crippen LogP contribution in [0.3, 0.4) is 0 Å². The molecule has 1 saturated heterocycles. The number of hydrogen-bond acceptors (Lipinski definition) is 2. The van der Waals surface area contributed by atoms with Crippen LogP contribution in [0.4, 0.5) is 0 Å². The van der Waals surface area contributed by atoms with Gasteiger partial charge in [-0.2, -0.15) is 0 Å². The zero-order valence-corrected chi connectivity index (χ0v) is 10.7. The Morgan fingerprint density at radius 2 is 1.94 bits per heavy atom. The number of likely N-dealkylation sites (N-methyl/N-ethyl adjacent to an activating group) is 1. The van der Waals surface area contributed by atoms with E-state index in [0.717, 1.165) is 18.6 Å².